The van der Waals surface area contributed by atoms with E-state index in [4.69, 9.17) is 5.11 Å². The van der Waals surface area contributed by atoms with E-state index in [0.29, 0.717) is 19.3 Å². The third-order valence-corrected chi connectivity index (χ3v) is 4.34. The average Bonchev–Trinajstić information content (AvgIpc) is 2.64. The van der Waals surface area contributed by atoms with Crippen LogP contribution >= 0.6 is 0 Å². The fourth-order valence-corrected chi connectivity index (χ4v) is 2.28. The lowest BCUT2D eigenvalue weighted by Crippen LogP contribution is -2.41. The zero-order valence-electron chi connectivity index (χ0n) is 10.4. The van der Waals surface area contributed by atoms with E-state index in [2.05, 4.69) is 5.32 Å². The van der Waals surface area contributed by atoms with Crippen LogP contribution in [0.4, 0.5) is 0 Å². The molecule has 0 radical (unpaired) electrons. The number of carboxylic acids is 1. The molecule has 1 aliphatic rings. The number of nitrogens with zero attached hydrogens (tertiary/aromatic N) is 1. The second kappa shape index (κ2) is 5.66. The van der Waals surface area contributed by atoms with E-state index in [-0.39, 0.29) is 12.6 Å². The van der Waals surface area contributed by atoms with Gasteiger partial charge < -0.3 is 10.4 Å². The molecule has 2 atom stereocenters. The maximum absolute atomic E-state index is 11.6. The van der Waals surface area contributed by atoms with Crippen LogP contribution in [0.1, 0.15) is 19.3 Å². The summed E-state index contributed by atoms with van der Waals surface area (Å²) in [4.78, 5) is 22.3. The van der Waals surface area contributed by atoms with Gasteiger partial charge in [0.1, 0.15) is 0 Å². The van der Waals surface area contributed by atoms with Crippen molar-refractivity contribution < 1.29 is 23.1 Å². The van der Waals surface area contributed by atoms with Crippen molar-refractivity contribution in [3.63, 3.8) is 0 Å². The van der Waals surface area contributed by atoms with E-state index < -0.39 is 27.8 Å². The zero-order chi connectivity index (χ0) is 13.9. The highest BCUT2D eigenvalue weighted by Gasteiger charge is 2.30. The molecular weight excluding hydrogens is 260 g/mol. The van der Waals surface area contributed by atoms with Gasteiger partial charge >= 0.3 is 5.97 Å². The number of hydrogen-bond donors (Lipinski definition) is 2. The number of likely N-dealkylation sites (N-methyl/N-ethyl adjacent to an activating group) is 1. The summed E-state index contributed by atoms with van der Waals surface area (Å²) in [6.07, 6.45) is 2.59. The molecular formula is C10H18N2O5S. The fourth-order valence-electron chi connectivity index (χ4n) is 1.93. The van der Waals surface area contributed by atoms with Crippen molar-refractivity contribution in [3.05, 3.63) is 0 Å². The zero-order valence-corrected chi connectivity index (χ0v) is 11.2. The largest absolute Gasteiger partial charge is 0.481 e. The molecule has 1 saturated carbocycles. The van der Waals surface area contributed by atoms with Crippen LogP contribution in [0.3, 0.4) is 0 Å². The molecule has 8 heteroatoms. The normalized spacial score (nSPS) is 24.2. The third-order valence-electron chi connectivity index (χ3n) is 3.08. The third kappa shape index (κ3) is 4.26. The Hall–Kier alpha value is -1.15. The van der Waals surface area contributed by atoms with Crippen LogP contribution in [0.2, 0.25) is 0 Å². The van der Waals surface area contributed by atoms with E-state index in [0.717, 1.165) is 10.6 Å². The van der Waals surface area contributed by atoms with Crippen LogP contribution in [0.15, 0.2) is 0 Å². The van der Waals surface area contributed by atoms with Gasteiger partial charge in [-0.2, -0.15) is 4.31 Å². The molecule has 18 heavy (non-hydrogen) atoms. The summed E-state index contributed by atoms with van der Waals surface area (Å²) in [5.41, 5.74) is 0. The Morgan fingerprint density at radius 1 is 1.39 bits per heavy atom. The molecule has 1 fully saturated rings. The Bertz CT molecular complexity index is 434. The molecule has 0 spiro atoms. The van der Waals surface area contributed by atoms with Gasteiger partial charge in [0, 0.05) is 13.1 Å². The lowest BCUT2D eigenvalue weighted by molar-refractivity contribution is -0.141. The topological polar surface area (TPSA) is 104 Å². The Balaban J connectivity index is 2.41. The molecule has 0 aromatic heterocycles. The van der Waals surface area contributed by atoms with Crippen molar-refractivity contribution in [2.75, 3.05) is 19.8 Å². The van der Waals surface area contributed by atoms with Gasteiger partial charge in [0.25, 0.3) is 0 Å². The first-order valence-electron chi connectivity index (χ1n) is 5.63. The average molecular weight is 278 g/mol. The standard InChI is InChI=1S/C10H18N2O5S/c1-12(18(2,16)17)6-9(13)11-8-4-3-7(5-8)10(14)15/h7-8H,3-6H2,1-2H3,(H,11,13)(H,14,15)/t7-,8+/m0/s1. The number of carbonyl (C=O) groups excluding carboxylic acids is 1. The van der Waals surface area contributed by atoms with Crippen molar-refractivity contribution in [2.45, 2.75) is 25.3 Å². The van der Waals surface area contributed by atoms with Crippen molar-refractivity contribution in [1.82, 2.24) is 9.62 Å². The second-order valence-electron chi connectivity index (χ2n) is 4.63. The van der Waals surface area contributed by atoms with Gasteiger partial charge in [-0.15, -0.1) is 0 Å². The van der Waals surface area contributed by atoms with Crippen LogP contribution in [0.25, 0.3) is 0 Å². The van der Waals surface area contributed by atoms with Crippen LogP contribution in [-0.2, 0) is 19.6 Å². The number of sulfonamides is 1. The lowest BCUT2D eigenvalue weighted by atomic mass is 10.1. The smallest absolute Gasteiger partial charge is 0.306 e. The van der Waals surface area contributed by atoms with E-state index in [9.17, 15) is 18.0 Å². The highest BCUT2D eigenvalue weighted by molar-refractivity contribution is 7.88. The van der Waals surface area contributed by atoms with Crippen LogP contribution in [0, 0.1) is 5.92 Å². The van der Waals surface area contributed by atoms with Crippen molar-refractivity contribution >= 4 is 21.9 Å². The first-order valence-corrected chi connectivity index (χ1v) is 7.48. The summed E-state index contributed by atoms with van der Waals surface area (Å²) < 4.78 is 23.2. The van der Waals surface area contributed by atoms with Crippen molar-refractivity contribution in [3.8, 4) is 0 Å². The van der Waals surface area contributed by atoms with Gasteiger partial charge in [-0.1, -0.05) is 0 Å². The second-order valence-corrected chi connectivity index (χ2v) is 6.72. The monoisotopic (exact) mass is 278 g/mol. The highest BCUT2D eigenvalue weighted by Crippen LogP contribution is 2.25. The number of nitrogens with one attached hydrogen (secondary N) is 1. The molecule has 0 heterocycles. The van der Waals surface area contributed by atoms with Gasteiger partial charge in [-0.05, 0) is 19.3 Å². The number of aliphatic carboxylic acids is 1. The van der Waals surface area contributed by atoms with E-state index in [1.165, 1.54) is 7.05 Å². The van der Waals surface area contributed by atoms with Gasteiger partial charge in [0.2, 0.25) is 15.9 Å². The molecule has 2 N–H and O–H groups in total. The molecule has 0 aromatic rings. The number of carbonyl (C=O) groups is 2. The predicted octanol–water partition coefficient (Wildman–Crippen LogP) is -0.753. The summed E-state index contributed by atoms with van der Waals surface area (Å²) >= 11 is 0. The Kier molecular flexibility index (Phi) is 4.69. The molecule has 0 aromatic carbocycles. The fraction of sp³-hybridized carbons (Fsp3) is 0.800. The quantitative estimate of drug-likeness (QED) is 0.688. The Morgan fingerprint density at radius 2 is 2.00 bits per heavy atom. The molecule has 0 aliphatic heterocycles. The van der Waals surface area contributed by atoms with Crippen LogP contribution < -0.4 is 5.32 Å². The summed E-state index contributed by atoms with van der Waals surface area (Å²) in [5, 5.41) is 11.5. The summed E-state index contributed by atoms with van der Waals surface area (Å²) in [7, 11) is -2.05. The van der Waals surface area contributed by atoms with E-state index in [1.807, 2.05) is 0 Å². The Labute approximate surface area is 106 Å². The lowest BCUT2D eigenvalue weighted by Gasteiger charge is -2.16. The molecule has 104 valence electrons. The highest BCUT2D eigenvalue weighted by atomic mass is 32.2. The van der Waals surface area contributed by atoms with Crippen molar-refractivity contribution in [1.29, 1.82) is 0 Å². The van der Waals surface area contributed by atoms with Crippen LogP contribution in [-0.4, -0.2) is 55.6 Å². The maximum Gasteiger partial charge on any atom is 0.306 e. The number of amides is 1. The molecule has 0 unspecified atom stereocenters. The van der Waals surface area contributed by atoms with E-state index >= 15 is 0 Å². The van der Waals surface area contributed by atoms with Crippen molar-refractivity contribution in [2.24, 2.45) is 5.92 Å². The first-order chi connectivity index (χ1) is 8.20. The van der Waals surface area contributed by atoms with Gasteiger partial charge in [-0.25, -0.2) is 8.42 Å². The maximum atomic E-state index is 11.6. The minimum atomic E-state index is -3.38. The summed E-state index contributed by atoms with van der Waals surface area (Å²) in [6, 6.07) is -0.174. The van der Waals surface area contributed by atoms with Crippen LogP contribution in [0.5, 0.6) is 0 Å². The first kappa shape index (κ1) is 14.9. The summed E-state index contributed by atoms with van der Waals surface area (Å²) in [5.74, 6) is -1.66. The molecule has 1 rings (SSSR count). The minimum absolute atomic E-state index is 0.174. The Morgan fingerprint density at radius 3 is 2.44 bits per heavy atom. The van der Waals surface area contributed by atoms with Gasteiger partial charge in [0.05, 0.1) is 18.7 Å². The molecule has 1 aliphatic carbocycles. The number of hydrogen-bond acceptors (Lipinski definition) is 4. The number of carboxylic acid groups (broad SMARTS) is 1. The minimum Gasteiger partial charge on any atom is -0.481 e. The van der Waals surface area contributed by atoms with E-state index in [1.54, 1.807) is 0 Å². The molecule has 1 amide bonds. The predicted molar refractivity (Wildman–Crippen MR) is 64.4 cm³/mol. The molecule has 0 bridgehead atoms. The van der Waals surface area contributed by atoms with Gasteiger partial charge in [-0.3, -0.25) is 9.59 Å². The van der Waals surface area contributed by atoms with Gasteiger partial charge in [0.15, 0.2) is 0 Å². The summed E-state index contributed by atoms with van der Waals surface area (Å²) in [6.45, 7) is -0.243. The number of rotatable bonds is 5. The molecule has 0 saturated heterocycles. The SMILES string of the molecule is CN(CC(=O)N[C@@H]1CC[C@H](C(=O)O)C1)S(C)(=O)=O. The molecule has 7 nitrogen and oxygen atoms in total.